The molecule has 0 aromatic heterocycles. The molecule has 1 heterocycles. The van der Waals surface area contributed by atoms with E-state index in [1.807, 2.05) is 48.5 Å². The van der Waals surface area contributed by atoms with E-state index in [0.717, 1.165) is 11.1 Å². The fourth-order valence-corrected chi connectivity index (χ4v) is 4.89. The molecule has 0 aliphatic carbocycles. The van der Waals surface area contributed by atoms with Crippen molar-refractivity contribution in [3.63, 3.8) is 0 Å². The Morgan fingerprint density at radius 3 is 2.42 bits per heavy atom. The second kappa shape index (κ2) is 14.7. The van der Waals surface area contributed by atoms with Gasteiger partial charge in [0.05, 0.1) is 7.11 Å². The fourth-order valence-electron chi connectivity index (χ4n) is 4.89. The summed E-state index contributed by atoms with van der Waals surface area (Å²) in [6.07, 6.45) is -0.214. The second-order valence-corrected chi connectivity index (χ2v) is 10.4. The number of rotatable bonds is 12. The molecule has 2 unspecified atom stereocenters. The summed E-state index contributed by atoms with van der Waals surface area (Å²) in [4.78, 5) is 42.0. The quantitative estimate of drug-likeness (QED) is 0.384. The first-order valence-electron chi connectivity index (χ1n) is 13.7. The van der Waals surface area contributed by atoms with Crippen molar-refractivity contribution >= 4 is 18.0 Å². The third-order valence-corrected chi connectivity index (χ3v) is 6.96. The summed E-state index contributed by atoms with van der Waals surface area (Å²) in [6.45, 7) is 9.89. The number of ether oxygens (including phenoxy) is 3. The number of nitrogens with one attached hydrogen (secondary N) is 1. The zero-order valence-electron chi connectivity index (χ0n) is 24.1. The molecule has 40 heavy (non-hydrogen) atoms. The zero-order chi connectivity index (χ0) is 29.2. The lowest BCUT2D eigenvalue weighted by molar-refractivity contribution is -0.143. The van der Waals surface area contributed by atoms with Crippen molar-refractivity contribution in [2.24, 2.45) is 5.73 Å². The smallest absolute Gasteiger partial charge is 0.410 e. The molecule has 3 rings (SSSR count). The molecule has 0 spiro atoms. The summed E-state index contributed by atoms with van der Waals surface area (Å²) in [5, 5.41) is 3.01. The van der Waals surface area contributed by atoms with Gasteiger partial charge in [0.1, 0.15) is 31.0 Å². The van der Waals surface area contributed by atoms with Gasteiger partial charge in [-0.1, -0.05) is 36.4 Å². The number of nitrogens with two attached hydrogens (primary N) is 1. The molecule has 2 aromatic rings. The molecule has 10 nitrogen and oxygen atoms in total. The first-order valence-corrected chi connectivity index (χ1v) is 13.7. The molecular weight excluding hydrogens is 512 g/mol. The molecule has 0 fully saturated rings. The van der Waals surface area contributed by atoms with Gasteiger partial charge in [0.25, 0.3) is 0 Å². The first kappa shape index (κ1) is 30.9. The predicted molar refractivity (Wildman–Crippen MR) is 152 cm³/mol. The lowest BCUT2D eigenvalue weighted by Gasteiger charge is -2.36. The molecule has 2 amide bonds. The van der Waals surface area contributed by atoms with Crippen LogP contribution in [-0.2, 0) is 32.1 Å². The highest BCUT2D eigenvalue weighted by Gasteiger charge is 2.37. The Kier molecular flexibility index (Phi) is 11.3. The van der Waals surface area contributed by atoms with Gasteiger partial charge in [-0.2, -0.15) is 0 Å². The normalized spacial score (nSPS) is 15.5. The van der Waals surface area contributed by atoms with Crippen LogP contribution >= 0.6 is 0 Å². The van der Waals surface area contributed by atoms with Gasteiger partial charge in [-0.25, -0.2) is 4.79 Å². The molecule has 1 aliphatic rings. The number of amides is 2. The maximum atomic E-state index is 13.6. The van der Waals surface area contributed by atoms with Gasteiger partial charge in [0.2, 0.25) is 5.91 Å². The van der Waals surface area contributed by atoms with Crippen molar-refractivity contribution in [2.75, 3.05) is 33.4 Å². The van der Waals surface area contributed by atoms with Gasteiger partial charge < -0.3 is 25.3 Å². The van der Waals surface area contributed by atoms with Crippen molar-refractivity contribution in [3.8, 4) is 5.75 Å². The highest BCUT2D eigenvalue weighted by Crippen LogP contribution is 2.33. The molecule has 1 aliphatic heterocycles. The van der Waals surface area contributed by atoms with Crippen LogP contribution in [0.1, 0.15) is 50.4 Å². The summed E-state index contributed by atoms with van der Waals surface area (Å²) in [5.41, 5.74) is 8.41. The van der Waals surface area contributed by atoms with Crippen LogP contribution < -0.4 is 15.8 Å². The Morgan fingerprint density at radius 1 is 1.07 bits per heavy atom. The SMILES string of the molecule is COC(=O)C(N)COC(=O)N1CCc2cc(OCc3ccccc3)ccc2C1C(=O)NCCN(C(C)C)C(C)C. The van der Waals surface area contributed by atoms with E-state index in [9.17, 15) is 14.4 Å². The number of hydrogen-bond donors (Lipinski definition) is 2. The summed E-state index contributed by atoms with van der Waals surface area (Å²) in [7, 11) is 1.21. The van der Waals surface area contributed by atoms with Crippen LogP contribution in [0, 0.1) is 0 Å². The summed E-state index contributed by atoms with van der Waals surface area (Å²) in [6, 6.07) is 14.1. The van der Waals surface area contributed by atoms with Gasteiger partial charge in [0, 0.05) is 31.7 Å². The Hall–Kier alpha value is -3.63. The first-order chi connectivity index (χ1) is 19.1. The monoisotopic (exact) mass is 554 g/mol. The van der Waals surface area contributed by atoms with E-state index in [-0.39, 0.29) is 19.1 Å². The number of benzene rings is 2. The Balaban J connectivity index is 1.78. The van der Waals surface area contributed by atoms with Crippen LogP contribution in [-0.4, -0.2) is 79.2 Å². The van der Waals surface area contributed by atoms with Gasteiger partial charge in [-0.3, -0.25) is 19.4 Å². The highest BCUT2D eigenvalue weighted by molar-refractivity contribution is 5.88. The van der Waals surface area contributed by atoms with Crippen LogP contribution in [0.5, 0.6) is 5.75 Å². The summed E-state index contributed by atoms with van der Waals surface area (Å²) < 4.78 is 15.9. The fraction of sp³-hybridized carbons (Fsp3) is 0.500. The molecular formula is C30H42N4O6. The molecule has 0 radical (unpaired) electrons. The minimum Gasteiger partial charge on any atom is -0.489 e. The molecule has 218 valence electrons. The Bertz CT molecular complexity index is 1130. The van der Waals surface area contributed by atoms with E-state index < -0.39 is 24.1 Å². The number of nitrogens with zero attached hydrogens (tertiary/aromatic N) is 2. The average molecular weight is 555 g/mol. The largest absolute Gasteiger partial charge is 0.489 e. The number of carbonyl (C=O) groups excluding carboxylic acids is 3. The van der Waals surface area contributed by atoms with Gasteiger partial charge in [-0.15, -0.1) is 0 Å². The van der Waals surface area contributed by atoms with Crippen LogP contribution in [0.2, 0.25) is 0 Å². The Morgan fingerprint density at radius 2 is 1.77 bits per heavy atom. The van der Waals surface area contributed by atoms with Gasteiger partial charge in [-0.05, 0) is 62.9 Å². The minimum atomic E-state index is -1.11. The Labute approximate surface area is 236 Å². The molecule has 0 saturated carbocycles. The number of esters is 1. The number of hydrogen-bond acceptors (Lipinski definition) is 8. The lowest BCUT2D eigenvalue weighted by atomic mass is 9.92. The van der Waals surface area contributed by atoms with Crippen molar-refractivity contribution in [2.45, 2.75) is 64.9 Å². The average Bonchev–Trinajstić information content (AvgIpc) is 2.95. The third kappa shape index (κ3) is 8.19. The number of fused-ring (bicyclic) bond motifs is 1. The molecule has 2 atom stereocenters. The van der Waals surface area contributed by atoms with Crippen LogP contribution in [0.3, 0.4) is 0 Å². The lowest BCUT2D eigenvalue weighted by Crippen LogP contribution is -2.50. The van der Waals surface area contributed by atoms with E-state index >= 15 is 0 Å². The van der Waals surface area contributed by atoms with Crippen LogP contribution in [0.4, 0.5) is 4.79 Å². The zero-order valence-corrected chi connectivity index (χ0v) is 24.1. The van der Waals surface area contributed by atoms with E-state index in [4.69, 9.17) is 15.2 Å². The molecule has 2 aromatic carbocycles. The highest BCUT2D eigenvalue weighted by atomic mass is 16.6. The van der Waals surface area contributed by atoms with E-state index in [0.29, 0.717) is 49.5 Å². The number of methoxy groups -OCH3 is 1. The summed E-state index contributed by atoms with van der Waals surface area (Å²) in [5.74, 6) is -0.305. The maximum absolute atomic E-state index is 13.6. The summed E-state index contributed by atoms with van der Waals surface area (Å²) >= 11 is 0. The van der Waals surface area contributed by atoms with Crippen LogP contribution in [0.25, 0.3) is 0 Å². The standard InChI is InChI=1S/C30H42N4O6/c1-20(2)33(21(3)4)16-14-32-28(35)27-25-12-11-24(39-18-22-9-7-6-8-10-22)17-23(25)13-15-34(27)30(37)40-19-26(31)29(36)38-5/h6-12,17,20-21,26-27H,13-16,18-19,31H2,1-5H3,(H,32,35). The van der Waals surface area contributed by atoms with Gasteiger partial charge in [0.15, 0.2) is 0 Å². The number of carbonyl (C=O) groups is 3. The van der Waals surface area contributed by atoms with Crippen molar-refractivity contribution < 1.29 is 28.6 Å². The van der Waals surface area contributed by atoms with E-state index in [1.165, 1.54) is 12.0 Å². The van der Waals surface area contributed by atoms with Crippen molar-refractivity contribution in [1.82, 2.24) is 15.1 Å². The molecule has 3 N–H and O–H groups in total. The predicted octanol–water partition coefficient (Wildman–Crippen LogP) is 3.04. The van der Waals surface area contributed by atoms with Gasteiger partial charge >= 0.3 is 12.1 Å². The molecule has 0 bridgehead atoms. The van der Waals surface area contributed by atoms with Crippen molar-refractivity contribution in [1.29, 1.82) is 0 Å². The van der Waals surface area contributed by atoms with E-state index in [2.05, 4.69) is 42.6 Å². The van der Waals surface area contributed by atoms with E-state index in [1.54, 1.807) is 0 Å². The maximum Gasteiger partial charge on any atom is 0.410 e. The minimum absolute atomic E-state index is 0.254. The molecule has 0 saturated heterocycles. The second-order valence-electron chi connectivity index (χ2n) is 10.4. The van der Waals surface area contributed by atoms with Crippen LogP contribution in [0.15, 0.2) is 48.5 Å². The topological polar surface area (TPSA) is 123 Å². The third-order valence-electron chi connectivity index (χ3n) is 6.96. The van der Waals surface area contributed by atoms with Crippen molar-refractivity contribution in [3.05, 3.63) is 65.2 Å². The molecule has 10 heteroatoms.